The number of ether oxygens (including phenoxy) is 1. The Morgan fingerprint density at radius 2 is 2.20 bits per heavy atom. The molecule has 2 unspecified atom stereocenters. The van der Waals surface area contributed by atoms with Gasteiger partial charge in [0, 0.05) is 18.4 Å². The Balaban J connectivity index is 1.77. The molecule has 20 heavy (non-hydrogen) atoms. The fourth-order valence-corrected chi connectivity index (χ4v) is 2.85. The van der Waals surface area contributed by atoms with E-state index in [1.54, 1.807) is 0 Å². The molecule has 1 aromatic heterocycles. The van der Waals surface area contributed by atoms with Gasteiger partial charge < -0.3 is 15.0 Å². The fourth-order valence-electron chi connectivity index (χ4n) is 2.85. The maximum Gasteiger partial charge on any atom is 0.101 e. The Hall–Kier alpha value is -1.58. The Labute approximate surface area is 120 Å². The van der Waals surface area contributed by atoms with Crippen LogP contribution in [-0.2, 0) is 17.7 Å². The molecule has 0 spiro atoms. The van der Waals surface area contributed by atoms with Crippen LogP contribution in [0.3, 0.4) is 0 Å². The molecule has 0 fully saturated rings. The van der Waals surface area contributed by atoms with Crippen LogP contribution in [0.15, 0.2) is 42.7 Å². The van der Waals surface area contributed by atoms with Crippen molar-refractivity contribution in [3.05, 3.63) is 59.4 Å². The first-order valence-corrected chi connectivity index (χ1v) is 7.38. The number of fused-ring (bicyclic) bond motifs is 1. The summed E-state index contributed by atoms with van der Waals surface area (Å²) in [4.78, 5) is 0. The molecule has 2 atom stereocenters. The average Bonchev–Trinajstić information content (AvgIpc) is 2.95. The van der Waals surface area contributed by atoms with Crippen molar-refractivity contribution in [2.45, 2.75) is 38.5 Å². The maximum atomic E-state index is 6.07. The van der Waals surface area contributed by atoms with Crippen molar-refractivity contribution < 1.29 is 4.74 Å². The molecule has 1 aliphatic heterocycles. The molecule has 2 aromatic rings. The van der Waals surface area contributed by atoms with Gasteiger partial charge in [0.2, 0.25) is 0 Å². The predicted molar refractivity (Wildman–Crippen MR) is 80.5 cm³/mol. The molecule has 3 nitrogen and oxygen atoms in total. The summed E-state index contributed by atoms with van der Waals surface area (Å²) in [6, 6.07) is 10.8. The third-order valence-corrected chi connectivity index (χ3v) is 4.11. The first kappa shape index (κ1) is 13.4. The molecule has 3 heteroatoms. The Kier molecular flexibility index (Phi) is 3.90. The topological polar surface area (TPSA) is 40.2 Å². The first-order chi connectivity index (χ1) is 9.78. The molecule has 2 heterocycles. The zero-order valence-electron chi connectivity index (χ0n) is 12.0. The lowest BCUT2D eigenvalue weighted by Gasteiger charge is -2.26. The SMILES string of the molecule is CCC(N)c1ccn(CC2OCCc3ccccc32)c1. The van der Waals surface area contributed by atoms with Crippen LogP contribution in [-0.4, -0.2) is 11.2 Å². The average molecular weight is 270 g/mol. The van der Waals surface area contributed by atoms with Crippen molar-refractivity contribution in [1.29, 1.82) is 0 Å². The van der Waals surface area contributed by atoms with E-state index in [4.69, 9.17) is 10.5 Å². The van der Waals surface area contributed by atoms with Gasteiger partial charge in [-0.3, -0.25) is 0 Å². The summed E-state index contributed by atoms with van der Waals surface area (Å²) < 4.78 is 8.14. The standard InChI is InChI=1S/C17H22N2O/c1-2-16(18)14-7-9-19(11-14)12-17-15-6-4-3-5-13(15)8-10-20-17/h3-7,9,11,16-17H,2,8,10,12,18H2,1H3. The van der Waals surface area contributed by atoms with Gasteiger partial charge >= 0.3 is 0 Å². The molecule has 0 amide bonds. The highest BCUT2D eigenvalue weighted by molar-refractivity contribution is 5.31. The van der Waals surface area contributed by atoms with Crippen LogP contribution < -0.4 is 5.73 Å². The largest absolute Gasteiger partial charge is 0.371 e. The van der Waals surface area contributed by atoms with Gasteiger partial charge in [-0.2, -0.15) is 0 Å². The van der Waals surface area contributed by atoms with E-state index in [1.165, 1.54) is 16.7 Å². The lowest BCUT2D eigenvalue weighted by molar-refractivity contribution is 0.0306. The van der Waals surface area contributed by atoms with E-state index >= 15 is 0 Å². The van der Waals surface area contributed by atoms with Crippen LogP contribution in [0.1, 0.15) is 42.2 Å². The zero-order chi connectivity index (χ0) is 13.9. The molecule has 0 saturated carbocycles. The summed E-state index contributed by atoms with van der Waals surface area (Å²) in [5, 5.41) is 0. The minimum atomic E-state index is 0.135. The lowest BCUT2D eigenvalue weighted by atomic mass is 9.97. The maximum absolute atomic E-state index is 6.07. The quantitative estimate of drug-likeness (QED) is 0.926. The summed E-state index contributed by atoms with van der Waals surface area (Å²) in [5.41, 5.74) is 10.0. The number of hydrogen-bond acceptors (Lipinski definition) is 2. The van der Waals surface area contributed by atoms with Crippen LogP contribution in [0.25, 0.3) is 0 Å². The Morgan fingerprint density at radius 3 is 3.05 bits per heavy atom. The van der Waals surface area contributed by atoms with Crippen molar-refractivity contribution in [3.63, 3.8) is 0 Å². The van der Waals surface area contributed by atoms with Crippen molar-refractivity contribution >= 4 is 0 Å². The fraction of sp³-hybridized carbons (Fsp3) is 0.412. The summed E-state index contributed by atoms with van der Waals surface area (Å²) in [6.45, 7) is 3.78. The zero-order valence-corrected chi connectivity index (χ0v) is 12.0. The highest BCUT2D eigenvalue weighted by Crippen LogP contribution is 2.28. The van der Waals surface area contributed by atoms with Gasteiger partial charge in [-0.15, -0.1) is 0 Å². The molecule has 0 saturated heterocycles. The smallest absolute Gasteiger partial charge is 0.101 e. The Bertz CT molecular complexity index is 576. The van der Waals surface area contributed by atoms with Crippen molar-refractivity contribution in [2.75, 3.05) is 6.61 Å². The van der Waals surface area contributed by atoms with Crippen LogP contribution in [0, 0.1) is 0 Å². The van der Waals surface area contributed by atoms with Gasteiger partial charge in [0.05, 0.1) is 13.2 Å². The molecule has 1 aliphatic rings. The van der Waals surface area contributed by atoms with Gasteiger partial charge in [0.1, 0.15) is 6.10 Å². The number of nitrogens with two attached hydrogens (primary N) is 1. The lowest BCUT2D eigenvalue weighted by Crippen LogP contribution is -2.20. The van der Waals surface area contributed by atoms with E-state index in [0.717, 1.165) is 26.0 Å². The number of benzene rings is 1. The van der Waals surface area contributed by atoms with Crippen molar-refractivity contribution in [1.82, 2.24) is 4.57 Å². The monoisotopic (exact) mass is 270 g/mol. The summed E-state index contributed by atoms with van der Waals surface area (Å²) in [6.07, 6.45) is 6.38. The summed E-state index contributed by atoms with van der Waals surface area (Å²) >= 11 is 0. The summed E-state index contributed by atoms with van der Waals surface area (Å²) in [5.74, 6) is 0. The van der Waals surface area contributed by atoms with Gasteiger partial charge in [0.15, 0.2) is 0 Å². The molecule has 0 bridgehead atoms. The number of nitrogens with zero attached hydrogens (tertiary/aromatic N) is 1. The van der Waals surface area contributed by atoms with E-state index in [0.29, 0.717) is 0 Å². The van der Waals surface area contributed by atoms with Crippen LogP contribution >= 0.6 is 0 Å². The van der Waals surface area contributed by atoms with Gasteiger partial charge in [0.25, 0.3) is 0 Å². The molecule has 0 radical (unpaired) electrons. The van der Waals surface area contributed by atoms with Crippen molar-refractivity contribution in [2.24, 2.45) is 5.73 Å². The molecule has 106 valence electrons. The molecular weight excluding hydrogens is 248 g/mol. The van der Waals surface area contributed by atoms with Crippen LogP contribution in [0.5, 0.6) is 0 Å². The number of rotatable bonds is 4. The minimum absolute atomic E-state index is 0.135. The summed E-state index contributed by atoms with van der Waals surface area (Å²) in [7, 11) is 0. The molecular formula is C17H22N2O. The highest BCUT2D eigenvalue weighted by atomic mass is 16.5. The molecule has 0 aliphatic carbocycles. The van der Waals surface area contributed by atoms with E-state index in [-0.39, 0.29) is 12.1 Å². The van der Waals surface area contributed by atoms with Crippen LogP contribution in [0.2, 0.25) is 0 Å². The van der Waals surface area contributed by atoms with E-state index in [2.05, 4.69) is 54.2 Å². The second kappa shape index (κ2) is 5.81. The second-order valence-electron chi connectivity index (χ2n) is 5.46. The van der Waals surface area contributed by atoms with Crippen LogP contribution in [0.4, 0.5) is 0 Å². The predicted octanol–water partition coefficient (Wildman–Crippen LogP) is 3.21. The van der Waals surface area contributed by atoms with Gasteiger partial charge in [-0.1, -0.05) is 31.2 Å². The molecule has 1 aromatic carbocycles. The Morgan fingerprint density at radius 1 is 1.35 bits per heavy atom. The van der Waals surface area contributed by atoms with E-state index < -0.39 is 0 Å². The second-order valence-corrected chi connectivity index (χ2v) is 5.46. The molecule has 3 rings (SSSR count). The molecule has 2 N–H and O–H groups in total. The van der Waals surface area contributed by atoms with E-state index in [9.17, 15) is 0 Å². The minimum Gasteiger partial charge on any atom is -0.371 e. The third-order valence-electron chi connectivity index (χ3n) is 4.11. The van der Waals surface area contributed by atoms with Gasteiger partial charge in [-0.05, 0) is 35.6 Å². The number of hydrogen-bond donors (Lipinski definition) is 1. The first-order valence-electron chi connectivity index (χ1n) is 7.38. The highest BCUT2D eigenvalue weighted by Gasteiger charge is 2.20. The normalized spacial score (nSPS) is 19.6. The third kappa shape index (κ3) is 2.65. The van der Waals surface area contributed by atoms with Crippen molar-refractivity contribution in [3.8, 4) is 0 Å². The van der Waals surface area contributed by atoms with E-state index in [1.807, 2.05) is 0 Å². The number of aromatic nitrogens is 1. The van der Waals surface area contributed by atoms with Gasteiger partial charge in [-0.25, -0.2) is 0 Å².